The van der Waals surface area contributed by atoms with Gasteiger partial charge in [0.05, 0.1) is 11.8 Å². The average molecular weight is 438 g/mol. The third kappa shape index (κ3) is 3.93. The lowest BCUT2D eigenvalue weighted by molar-refractivity contribution is -0.0786. The molecule has 0 N–H and O–H groups in total. The molecular weight excluding hydrogens is 394 g/mol. The van der Waals surface area contributed by atoms with E-state index < -0.39 is 0 Å². The van der Waals surface area contributed by atoms with Crippen LogP contribution >= 0.6 is 0 Å². The number of fused-ring (bicyclic) bond motifs is 5. The van der Waals surface area contributed by atoms with Crippen LogP contribution in [0.2, 0.25) is 0 Å². The van der Waals surface area contributed by atoms with Gasteiger partial charge < -0.3 is 4.74 Å². The van der Waals surface area contributed by atoms with Crippen molar-refractivity contribution in [1.82, 2.24) is 9.78 Å². The van der Waals surface area contributed by atoms with Crippen molar-refractivity contribution in [3.05, 3.63) is 18.0 Å². The molecule has 9 atom stereocenters. The van der Waals surface area contributed by atoms with Crippen molar-refractivity contribution >= 4 is 0 Å². The highest BCUT2D eigenvalue weighted by molar-refractivity contribution is 5.21. The third-order valence-electron chi connectivity index (χ3n) is 10.6. The van der Waals surface area contributed by atoms with Crippen LogP contribution in [-0.2, 0) is 11.3 Å². The van der Waals surface area contributed by atoms with Gasteiger partial charge in [-0.1, -0.05) is 13.8 Å². The van der Waals surface area contributed by atoms with Crippen LogP contribution in [0.4, 0.5) is 0 Å². The first-order chi connectivity index (χ1) is 15.5. The van der Waals surface area contributed by atoms with Gasteiger partial charge in [-0.3, -0.25) is 4.68 Å². The van der Waals surface area contributed by atoms with Gasteiger partial charge >= 0.3 is 0 Å². The molecule has 0 radical (unpaired) electrons. The fraction of sp³-hybridized carbons (Fsp3) is 0.857. The summed E-state index contributed by atoms with van der Waals surface area (Å²) in [4.78, 5) is 0. The molecular formula is C28H43N3O. The number of rotatable bonds is 6. The van der Waals surface area contributed by atoms with Crippen LogP contribution in [-0.4, -0.2) is 23.0 Å². The second-order valence-corrected chi connectivity index (χ2v) is 12.0. The van der Waals surface area contributed by atoms with E-state index in [1.165, 1.54) is 57.8 Å². The lowest BCUT2D eigenvalue weighted by Gasteiger charge is -2.57. The summed E-state index contributed by atoms with van der Waals surface area (Å²) in [6.45, 7) is 10.0. The second-order valence-electron chi connectivity index (χ2n) is 12.0. The van der Waals surface area contributed by atoms with Gasteiger partial charge in [0.1, 0.15) is 6.07 Å². The van der Waals surface area contributed by atoms with Gasteiger partial charge in [-0.2, -0.15) is 10.4 Å². The van der Waals surface area contributed by atoms with E-state index in [-0.39, 0.29) is 0 Å². The van der Waals surface area contributed by atoms with Crippen LogP contribution in [0.5, 0.6) is 0 Å². The summed E-state index contributed by atoms with van der Waals surface area (Å²) in [6.07, 6.45) is 16.6. The molecule has 4 heteroatoms. The molecule has 0 spiro atoms. The normalized spacial score (nSPS) is 41.9. The molecule has 4 nitrogen and oxygen atoms in total. The molecule has 4 fully saturated rings. The Labute approximate surface area is 195 Å². The molecule has 32 heavy (non-hydrogen) atoms. The van der Waals surface area contributed by atoms with Crippen molar-refractivity contribution in [3.63, 3.8) is 0 Å². The summed E-state index contributed by atoms with van der Waals surface area (Å²) in [7, 11) is 0. The zero-order valence-corrected chi connectivity index (χ0v) is 20.5. The zero-order chi connectivity index (χ0) is 22.3. The Hall–Kier alpha value is -1.34. The van der Waals surface area contributed by atoms with Crippen molar-refractivity contribution in [1.29, 1.82) is 5.26 Å². The van der Waals surface area contributed by atoms with Crippen LogP contribution in [0.3, 0.4) is 0 Å². The minimum absolute atomic E-state index is 0.505. The Balaban J connectivity index is 1.24. The second kappa shape index (κ2) is 9.13. The van der Waals surface area contributed by atoms with Gasteiger partial charge in [0.2, 0.25) is 0 Å². The minimum atomic E-state index is 0.505. The Morgan fingerprint density at radius 2 is 2.00 bits per heavy atom. The Bertz CT molecular complexity index is 827. The van der Waals surface area contributed by atoms with E-state index >= 15 is 0 Å². The highest BCUT2D eigenvalue weighted by atomic mass is 16.5. The molecule has 0 saturated heterocycles. The maximum Gasteiger partial charge on any atom is 0.102 e. The van der Waals surface area contributed by atoms with E-state index in [1.807, 2.05) is 10.9 Å². The molecule has 0 amide bonds. The van der Waals surface area contributed by atoms with Crippen molar-refractivity contribution in [2.24, 2.45) is 52.8 Å². The van der Waals surface area contributed by atoms with Crippen molar-refractivity contribution in [3.8, 4) is 6.07 Å². The van der Waals surface area contributed by atoms with E-state index in [2.05, 4.69) is 31.9 Å². The number of nitrogens with zero attached hydrogens (tertiary/aromatic N) is 3. The maximum atomic E-state index is 9.13. The first kappa shape index (κ1) is 22.5. The molecule has 4 aliphatic rings. The van der Waals surface area contributed by atoms with Crippen LogP contribution in [0.25, 0.3) is 0 Å². The lowest BCUT2D eigenvalue weighted by Crippen LogP contribution is -2.49. The predicted octanol–water partition coefficient (Wildman–Crippen LogP) is 6.31. The summed E-state index contributed by atoms with van der Waals surface area (Å²) in [6, 6.07) is 2.22. The Kier molecular flexibility index (Phi) is 6.41. The zero-order valence-electron chi connectivity index (χ0n) is 20.5. The molecule has 5 rings (SSSR count). The van der Waals surface area contributed by atoms with Crippen LogP contribution in [0.15, 0.2) is 12.4 Å². The van der Waals surface area contributed by atoms with E-state index in [4.69, 9.17) is 10.00 Å². The van der Waals surface area contributed by atoms with Gasteiger partial charge in [-0.25, -0.2) is 0 Å². The quantitative estimate of drug-likeness (QED) is 0.524. The number of ether oxygens (including phenoxy) is 1. The van der Waals surface area contributed by atoms with E-state index in [0.29, 0.717) is 16.9 Å². The number of hydrogen-bond acceptors (Lipinski definition) is 3. The van der Waals surface area contributed by atoms with Gasteiger partial charge in [-0.15, -0.1) is 0 Å². The first-order valence-corrected chi connectivity index (χ1v) is 13.5. The molecule has 176 valence electrons. The van der Waals surface area contributed by atoms with Gasteiger partial charge in [0, 0.05) is 26.0 Å². The standard InChI is InChI=1S/C28H43N3O/c1-4-32-18-20-5-7-23-22(13-20)6-8-25-24(23)11-12-28(3)26(9-10-27(25)28)19(2)16-31-17-21(14-29)15-30-31/h15,17,19-20,22-27H,4-13,16,18H2,1-3H3/t19-,20-,22+,23-,24?,25+,26?,27?,28+/m0/s1. The molecule has 1 aromatic heterocycles. The fourth-order valence-electron chi connectivity index (χ4n) is 9.31. The smallest absolute Gasteiger partial charge is 0.102 e. The molecule has 1 aromatic rings. The minimum Gasteiger partial charge on any atom is -0.381 e. The summed E-state index contributed by atoms with van der Waals surface area (Å²) in [5.41, 5.74) is 1.19. The molecule has 0 aliphatic heterocycles. The van der Waals surface area contributed by atoms with Gasteiger partial charge in [0.25, 0.3) is 0 Å². The molecule has 4 saturated carbocycles. The maximum absolute atomic E-state index is 9.13. The first-order valence-electron chi connectivity index (χ1n) is 13.5. The summed E-state index contributed by atoms with van der Waals surface area (Å²) >= 11 is 0. The number of nitriles is 1. The summed E-state index contributed by atoms with van der Waals surface area (Å²) < 4.78 is 7.80. The molecule has 0 aromatic carbocycles. The van der Waals surface area contributed by atoms with Gasteiger partial charge in [-0.05, 0) is 117 Å². The summed E-state index contributed by atoms with van der Waals surface area (Å²) in [5.74, 6) is 7.13. The fourth-order valence-corrected chi connectivity index (χ4v) is 9.31. The van der Waals surface area contributed by atoms with E-state index in [1.54, 1.807) is 6.20 Å². The lowest BCUT2D eigenvalue weighted by atomic mass is 9.49. The van der Waals surface area contributed by atoms with Crippen LogP contribution < -0.4 is 0 Å². The molecule has 4 aliphatic carbocycles. The van der Waals surface area contributed by atoms with Crippen molar-refractivity contribution in [2.75, 3.05) is 13.2 Å². The van der Waals surface area contributed by atoms with Crippen molar-refractivity contribution in [2.45, 2.75) is 85.1 Å². The number of hydrogen-bond donors (Lipinski definition) is 0. The topological polar surface area (TPSA) is 50.8 Å². The van der Waals surface area contributed by atoms with Gasteiger partial charge in [0.15, 0.2) is 0 Å². The summed E-state index contributed by atoms with van der Waals surface area (Å²) in [5, 5.41) is 13.6. The SMILES string of the molecule is CCOC[C@H]1CC[C@@H]2C3CC[C@@]4(C)C(CCC4[C@@H](C)Cn4cc(C#N)cn4)[C@@H]3CC[C@@H]2C1. The Morgan fingerprint density at radius 3 is 2.78 bits per heavy atom. The van der Waals surface area contributed by atoms with E-state index in [9.17, 15) is 0 Å². The third-order valence-corrected chi connectivity index (χ3v) is 10.6. The highest BCUT2D eigenvalue weighted by Crippen LogP contribution is 2.65. The largest absolute Gasteiger partial charge is 0.381 e. The monoisotopic (exact) mass is 437 g/mol. The molecule has 0 bridgehead atoms. The predicted molar refractivity (Wildman–Crippen MR) is 127 cm³/mol. The highest BCUT2D eigenvalue weighted by Gasteiger charge is 2.57. The average Bonchev–Trinajstić information content (AvgIpc) is 3.40. The molecule has 1 heterocycles. The van der Waals surface area contributed by atoms with Crippen LogP contribution in [0, 0.1) is 64.1 Å². The van der Waals surface area contributed by atoms with Crippen molar-refractivity contribution < 1.29 is 4.74 Å². The van der Waals surface area contributed by atoms with Crippen LogP contribution in [0.1, 0.15) is 84.1 Å². The number of aromatic nitrogens is 2. The molecule has 3 unspecified atom stereocenters. The Morgan fingerprint density at radius 1 is 1.16 bits per heavy atom. The van der Waals surface area contributed by atoms with E-state index in [0.717, 1.165) is 61.2 Å².